The average Bonchev–Trinajstić information content (AvgIpc) is 2.91. The van der Waals surface area contributed by atoms with E-state index in [1.54, 1.807) is 0 Å². The summed E-state index contributed by atoms with van der Waals surface area (Å²) in [5.41, 5.74) is 2.94. The van der Waals surface area contributed by atoms with Gasteiger partial charge in [0.1, 0.15) is 0 Å². The highest BCUT2D eigenvalue weighted by atomic mass is 16.1. The van der Waals surface area contributed by atoms with E-state index in [-0.39, 0.29) is 11.6 Å². The van der Waals surface area contributed by atoms with Crippen LogP contribution in [-0.2, 0) is 0 Å². The largest absolute Gasteiger partial charge is 0.317 e. The Balaban J connectivity index is 0.000000195. The summed E-state index contributed by atoms with van der Waals surface area (Å²) in [6, 6.07) is 37.2. The molecule has 0 aliphatic heterocycles. The highest BCUT2D eigenvalue weighted by Crippen LogP contribution is 2.09. The number of carbonyl (C=O) groups excluding carboxylic acids is 2. The Hall–Kier alpha value is -3.82. The maximum absolute atomic E-state index is 11.8. The van der Waals surface area contributed by atoms with Crippen molar-refractivity contribution in [2.45, 2.75) is 13.8 Å². The smallest absolute Gasteiger partial charge is 0.193 e. The van der Waals surface area contributed by atoms with Crippen LogP contribution in [0.2, 0.25) is 0 Å². The van der Waals surface area contributed by atoms with Crippen LogP contribution < -0.4 is 5.32 Å². The van der Waals surface area contributed by atoms with Crippen molar-refractivity contribution in [2.75, 3.05) is 13.1 Å². The lowest BCUT2D eigenvalue weighted by Crippen LogP contribution is -2.09. The second-order valence-electron chi connectivity index (χ2n) is 7.08. The van der Waals surface area contributed by atoms with Crippen molar-refractivity contribution in [3.8, 4) is 0 Å². The number of nitrogens with one attached hydrogen (secondary N) is 1. The first kappa shape index (κ1) is 25.4. The van der Waals surface area contributed by atoms with Gasteiger partial charge >= 0.3 is 0 Å². The molecular weight excluding hydrogens is 406 g/mol. The summed E-state index contributed by atoms with van der Waals surface area (Å²) in [6.45, 7) is 6.39. The lowest BCUT2D eigenvalue weighted by Gasteiger charge is -1.99. The summed E-state index contributed by atoms with van der Waals surface area (Å²) in [5.74, 6) is 0.150. The fraction of sp³-hybridized carbons (Fsp3) is 0.133. The first-order chi connectivity index (χ1) is 16.2. The third kappa shape index (κ3) is 9.06. The molecule has 4 rings (SSSR count). The SMILES string of the molecule is CCNCC.O=C(c1ccccc1)c1ccccc1.O=C(c1ccccc1)c1ccccc1. The van der Waals surface area contributed by atoms with Crippen LogP contribution >= 0.6 is 0 Å². The van der Waals surface area contributed by atoms with Crippen LogP contribution in [0.5, 0.6) is 0 Å². The molecule has 0 bridgehead atoms. The van der Waals surface area contributed by atoms with E-state index >= 15 is 0 Å². The lowest BCUT2D eigenvalue weighted by molar-refractivity contribution is 0.103. The van der Waals surface area contributed by atoms with E-state index in [2.05, 4.69) is 19.2 Å². The fourth-order valence-corrected chi connectivity index (χ4v) is 2.94. The fourth-order valence-electron chi connectivity index (χ4n) is 2.94. The zero-order valence-corrected chi connectivity index (χ0v) is 19.3. The van der Waals surface area contributed by atoms with Crippen LogP contribution in [0.4, 0.5) is 0 Å². The molecule has 168 valence electrons. The van der Waals surface area contributed by atoms with Gasteiger partial charge in [-0.1, -0.05) is 135 Å². The van der Waals surface area contributed by atoms with E-state index in [1.807, 2.05) is 121 Å². The first-order valence-electron chi connectivity index (χ1n) is 11.2. The van der Waals surface area contributed by atoms with E-state index in [0.29, 0.717) is 0 Å². The van der Waals surface area contributed by atoms with Gasteiger partial charge in [0, 0.05) is 22.3 Å². The summed E-state index contributed by atoms with van der Waals surface area (Å²) >= 11 is 0. The second kappa shape index (κ2) is 15.1. The molecule has 0 atom stereocenters. The van der Waals surface area contributed by atoms with Crippen LogP contribution in [0.25, 0.3) is 0 Å². The molecule has 0 amide bonds. The standard InChI is InChI=1S/2C13H10O.C4H11N/c2*14-13(11-7-3-1-4-8-11)12-9-5-2-6-10-12;1-3-5-4-2/h2*1-10H;5H,3-4H2,1-2H3. The molecule has 0 heterocycles. The van der Waals surface area contributed by atoms with E-state index in [9.17, 15) is 9.59 Å². The lowest BCUT2D eigenvalue weighted by atomic mass is 10.0. The summed E-state index contributed by atoms with van der Waals surface area (Å²) in [6.07, 6.45) is 0. The number of ketones is 2. The predicted molar refractivity (Wildman–Crippen MR) is 137 cm³/mol. The van der Waals surface area contributed by atoms with Crippen LogP contribution in [-0.4, -0.2) is 24.7 Å². The third-order valence-corrected chi connectivity index (χ3v) is 4.64. The van der Waals surface area contributed by atoms with Crippen molar-refractivity contribution in [1.82, 2.24) is 5.32 Å². The molecule has 1 N–H and O–H groups in total. The van der Waals surface area contributed by atoms with Gasteiger partial charge in [-0.05, 0) is 13.1 Å². The van der Waals surface area contributed by atoms with Crippen molar-refractivity contribution in [2.24, 2.45) is 0 Å². The summed E-state index contributed by atoms with van der Waals surface area (Å²) < 4.78 is 0. The van der Waals surface area contributed by atoms with E-state index in [0.717, 1.165) is 35.3 Å². The topological polar surface area (TPSA) is 46.2 Å². The Morgan fingerprint density at radius 3 is 0.818 bits per heavy atom. The summed E-state index contributed by atoms with van der Waals surface area (Å²) in [4.78, 5) is 23.7. The third-order valence-electron chi connectivity index (χ3n) is 4.64. The summed E-state index contributed by atoms with van der Waals surface area (Å²) in [5, 5.41) is 3.11. The minimum Gasteiger partial charge on any atom is -0.317 e. The van der Waals surface area contributed by atoms with Crippen LogP contribution in [0.15, 0.2) is 121 Å². The number of carbonyl (C=O) groups is 2. The van der Waals surface area contributed by atoms with Crippen molar-refractivity contribution in [1.29, 1.82) is 0 Å². The van der Waals surface area contributed by atoms with Gasteiger partial charge < -0.3 is 5.32 Å². The van der Waals surface area contributed by atoms with Gasteiger partial charge in [0.15, 0.2) is 11.6 Å². The van der Waals surface area contributed by atoms with Gasteiger partial charge in [0.2, 0.25) is 0 Å². The van der Waals surface area contributed by atoms with Gasteiger partial charge in [-0.15, -0.1) is 0 Å². The molecule has 33 heavy (non-hydrogen) atoms. The molecule has 4 aromatic rings. The molecule has 0 aliphatic carbocycles. The Kier molecular flexibility index (Phi) is 11.6. The van der Waals surface area contributed by atoms with Crippen LogP contribution in [0, 0.1) is 0 Å². The van der Waals surface area contributed by atoms with Crippen LogP contribution in [0.3, 0.4) is 0 Å². The van der Waals surface area contributed by atoms with Crippen LogP contribution in [0.1, 0.15) is 45.7 Å². The number of rotatable bonds is 6. The molecule has 0 saturated carbocycles. The zero-order valence-electron chi connectivity index (χ0n) is 19.3. The maximum Gasteiger partial charge on any atom is 0.193 e. The molecule has 0 aromatic heterocycles. The molecule has 3 heteroatoms. The van der Waals surface area contributed by atoms with E-state index < -0.39 is 0 Å². The Labute approximate surface area is 197 Å². The van der Waals surface area contributed by atoms with Crippen molar-refractivity contribution in [3.05, 3.63) is 144 Å². The van der Waals surface area contributed by atoms with Gasteiger partial charge in [-0.25, -0.2) is 0 Å². The quantitative estimate of drug-likeness (QED) is 0.353. The highest BCUT2D eigenvalue weighted by molar-refractivity contribution is 6.09. The average molecular weight is 438 g/mol. The van der Waals surface area contributed by atoms with Crippen molar-refractivity contribution < 1.29 is 9.59 Å². The first-order valence-corrected chi connectivity index (χ1v) is 11.2. The number of hydrogen-bond donors (Lipinski definition) is 1. The molecule has 0 radical (unpaired) electrons. The number of hydrogen-bond acceptors (Lipinski definition) is 3. The molecule has 0 aliphatic rings. The Morgan fingerprint density at radius 2 is 0.667 bits per heavy atom. The monoisotopic (exact) mass is 437 g/mol. The molecular formula is C30H31NO2. The normalized spacial score (nSPS) is 9.52. The van der Waals surface area contributed by atoms with Gasteiger partial charge in [-0.3, -0.25) is 9.59 Å². The second-order valence-corrected chi connectivity index (χ2v) is 7.08. The van der Waals surface area contributed by atoms with Gasteiger partial charge in [0.05, 0.1) is 0 Å². The molecule has 0 spiro atoms. The molecule has 3 nitrogen and oxygen atoms in total. The Bertz CT molecular complexity index is 891. The maximum atomic E-state index is 11.8. The molecule has 0 fully saturated rings. The summed E-state index contributed by atoms with van der Waals surface area (Å²) in [7, 11) is 0. The minimum absolute atomic E-state index is 0.0752. The minimum atomic E-state index is 0.0752. The Morgan fingerprint density at radius 1 is 0.455 bits per heavy atom. The van der Waals surface area contributed by atoms with Gasteiger partial charge in [-0.2, -0.15) is 0 Å². The van der Waals surface area contributed by atoms with Crippen molar-refractivity contribution >= 4 is 11.6 Å². The zero-order chi connectivity index (χ0) is 23.7. The van der Waals surface area contributed by atoms with Gasteiger partial charge in [0.25, 0.3) is 0 Å². The van der Waals surface area contributed by atoms with E-state index in [1.165, 1.54) is 0 Å². The predicted octanol–water partition coefficient (Wildman–Crippen LogP) is 6.45. The molecule has 0 saturated heterocycles. The van der Waals surface area contributed by atoms with Crippen molar-refractivity contribution in [3.63, 3.8) is 0 Å². The molecule has 4 aromatic carbocycles. The van der Waals surface area contributed by atoms with E-state index in [4.69, 9.17) is 0 Å². The highest BCUT2D eigenvalue weighted by Gasteiger charge is 2.07. The number of benzene rings is 4. The molecule has 0 unspecified atom stereocenters.